The van der Waals surface area contributed by atoms with Gasteiger partial charge in [0, 0.05) is 24.2 Å². The fourth-order valence-corrected chi connectivity index (χ4v) is 8.22. The average molecular weight is 328 g/mol. The number of carbonyl (C=O) groups excluding carboxylic acids is 2. The lowest BCUT2D eigenvalue weighted by Gasteiger charge is -2.48. The summed E-state index contributed by atoms with van der Waals surface area (Å²) in [4.78, 5) is 25.7. The summed E-state index contributed by atoms with van der Waals surface area (Å²) in [5.74, 6) is 2.03. The Bertz CT molecular complexity index is 695. The van der Waals surface area contributed by atoms with Gasteiger partial charge in [0.15, 0.2) is 5.78 Å². The van der Waals surface area contributed by atoms with E-state index in [1.165, 1.54) is 12.0 Å². The molecule has 5 fully saturated rings. The Morgan fingerprint density at radius 1 is 1.21 bits per heavy atom. The molecule has 0 radical (unpaired) electrons. The fraction of sp³-hybridized carbons (Fsp3) is 0.810. The van der Waals surface area contributed by atoms with Crippen molar-refractivity contribution in [1.82, 2.24) is 0 Å². The molecular formula is C21H28O3. The molecule has 1 heterocycles. The summed E-state index contributed by atoms with van der Waals surface area (Å²) in [5.41, 5.74) is 0.266. The van der Waals surface area contributed by atoms with Crippen molar-refractivity contribution in [3.8, 4) is 0 Å². The van der Waals surface area contributed by atoms with Crippen molar-refractivity contribution in [1.29, 1.82) is 0 Å². The first-order valence-corrected chi connectivity index (χ1v) is 9.64. The van der Waals surface area contributed by atoms with Gasteiger partial charge in [-0.25, -0.2) is 0 Å². The van der Waals surface area contributed by atoms with E-state index in [-0.39, 0.29) is 29.0 Å². The van der Waals surface area contributed by atoms with E-state index in [4.69, 9.17) is 4.74 Å². The first kappa shape index (κ1) is 15.2. The Morgan fingerprint density at radius 3 is 2.62 bits per heavy atom. The molecular weight excluding hydrogens is 300 g/mol. The zero-order chi connectivity index (χ0) is 17.2. The zero-order valence-corrected chi connectivity index (χ0v) is 15.2. The molecule has 0 amide bonds. The smallest absolute Gasteiger partial charge is 0.320 e. The third kappa shape index (κ3) is 1.23. The summed E-state index contributed by atoms with van der Waals surface area (Å²) in [6, 6.07) is 0. The summed E-state index contributed by atoms with van der Waals surface area (Å²) >= 11 is 0. The van der Waals surface area contributed by atoms with Gasteiger partial charge in [-0.1, -0.05) is 32.9 Å². The van der Waals surface area contributed by atoms with Crippen LogP contribution < -0.4 is 0 Å². The van der Waals surface area contributed by atoms with Gasteiger partial charge in [-0.2, -0.15) is 0 Å². The van der Waals surface area contributed by atoms with Crippen LogP contribution in [0.3, 0.4) is 0 Å². The average Bonchev–Trinajstić information content (AvgIpc) is 3.01. The third-order valence-corrected chi connectivity index (χ3v) is 9.26. The summed E-state index contributed by atoms with van der Waals surface area (Å²) in [6.45, 7) is 13.1. The molecule has 5 aliphatic rings. The Hall–Kier alpha value is -1.12. The van der Waals surface area contributed by atoms with Crippen LogP contribution in [0.1, 0.15) is 53.4 Å². The Kier molecular flexibility index (Phi) is 2.52. The first-order chi connectivity index (χ1) is 11.2. The second-order valence-corrected chi connectivity index (χ2v) is 9.88. The van der Waals surface area contributed by atoms with Crippen LogP contribution in [0.2, 0.25) is 0 Å². The van der Waals surface area contributed by atoms with Gasteiger partial charge in [0.05, 0.1) is 0 Å². The molecule has 5 rings (SSSR count). The number of carbonyl (C=O) groups is 2. The number of hydrogen-bond acceptors (Lipinski definition) is 3. The van der Waals surface area contributed by atoms with Crippen molar-refractivity contribution in [2.24, 2.45) is 46.3 Å². The molecule has 1 spiro atoms. The number of ether oxygens (including phenoxy) is 1. The monoisotopic (exact) mass is 328 g/mol. The van der Waals surface area contributed by atoms with Crippen LogP contribution in [0.4, 0.5) is 0 Å². The predicted molar refractivity (Wildman–Crippen MR) is 89.9 cm³/mol. The van der Waals surface area contributed by atoms with Crippen molar-refractivity contribution < 1.29 is 14.3 Å². The molecule has 0 aromatic heterocycles. The van der Waals surface area contributed by atoms with Crippen LogP contribution in [0.15, 0.2) is 12.2 Å². The van der Waals surface area contributed by atoms with E-state index < -0.39 is 11.0 Å². The van der Waals surface area contributed by atoms with Gasteiger partial charge in [0.25, 0.3) is 0 Å². The maximum atomic E-state index is 12.9. The van der Waals surface area contributed by atoms with E-state index in [9.17, 15) is 9.59 Å². The number of esters is 1. The highest BCUT2D eigenvalue weighted by atomic mass is 16.6. The van der Waals surface area contributed by atoms with E-state index in [0.29, 0.717) is 30.1 Å². The molecule has 4 aliphatic carbocycles. The highest BCUT2D eigenvalue weighted by Crippen LogP contribution is 2.78. The first-order valence-electron chi connectivity index (χ1n) is 9.64. The Balaban J connectivity index is 1.75. The minimum Gasteiger partial charge on any atom is -0.457 e. The number of ketones is 1. The van der Waals surface area contributed by atoms with Crippen LogP contribution in [0, 0.1) is 46.3 Å². The summed E-state index contributed by atoms with van der Waals surface area (Å²) in [7, 11) is 0. The summed E-state index contributed by atoms with van der Waals surface area (Å²) in [6.07, 6.45) is 3.87. The lowest BCUT2D eigenvalue weighted by Crippen LogP contribution is -2.55. The molecule has 9 atom stereocenters. The fourth-order valence-electron chi connectivity index (χ4n) is 8.22. The number of fused-ring (bicyclic) bond motifs is 1. The van der Waals surface area contributed by atoms with Gasteiger partial charge >= 0.3 is 5.97 Å². The van der Waals surface area contributed by atoms with Crippen molar-refractivity contribution in [3.05, 3.63) is 12.2 Å². The predicted octanol–water partition coefficient (Wildman–Crippen LogP) is 3.77. The molecule has 0 aromatic carbocycles. The molecule has 4 unspecified atom stereocenters. The molecule has 3 heteroatoms. The van der Waals surface area contributed by atoms with Gasteiger partial charge < -0.3 is 4.74 Å². The minimum absolute atomic E-state index is 0.0515. The minimum atomic E-state index is -0.916. The van der Waals surface area contributed by atoms with E-state index in [0.717, 1.165) is 12.8 Å². The summed E-state index contributed by atoms with van der Waals surface area (Å²) in [5, 5.41) is 0. The topological polar surface area (TPSA) is 43.4 Å². The normalized spacial score (nSPS) is 60.9. The van der Waals surface area contributed by atoms with E-state index in [2.05, 4.69) is 27.4 Å². The maximum Gasteiger partial charge on any atom is 0.320 e. The van der Waals surface area contributed by atoms with Crippen LogP contribution in [-0.4, -0.2) is 17.4 Å². The lowest BCUT2D eigenvalue weighted by atomic mass is 9.56. The largest absolute Gasteiger partial charge is 0.457 e. The van der Waals surface area contributed by atoms with Gasteiger partial charge in [0.2, 0.25) is 0 Å². The lowest BCUT2D eigenvalue weighted by molar-refractivity contribution is -0.165. The van der Waals surface area contributed by atoms with Crippen LogP contribution in [-0.2, 0) is 14.3 Å². The SMILES string of the molecule is C=C1C[C@]23C[C@H]1C(C)CC2[C@]12OC(=O)[C@](C)(C(=O)CC1C)C2[C@@H]3C. The second-order valence-electron chi connectivity index (χ2n) is 9.88. The molecule has 4 saturated carbocycles. The molecule has 24 heavy (non-hydrogen) atoms. The molecule has 1 aliphatic heterocycles. The molecule has 3 nitrogen and oxygen atoms in total. The molecule has 0 N–H and O–H groups in total. The van der Waals surface area contributed by atoms with Gasteiger partial charge in [-0.3, -0.25) is 9.59 Å². The highest BCUT2D eigenvalue weighted by Gasteiger charge is 2.83. The quantitative estimate of drug-likeness (QED) is 0.386. The van der Waals surface area contributed by atoms with Gasteiger partial charge in [0.1, 0.15) is 11.0 Å². The molecule has 0 aromatic rings. The van der Waals surface area contributed by atoms with Crippen molar-refractivity contribution >= 4 is 11.8 Å². The maximum absolute atomic E-state index is 12.9. The van der Waals surface area contributed by atoms with Gasteiger partial charge in [-0.05, 0) is 49.4 Å². The van der Waals surface area contributed by atoms with E-state index in [1.807, 2.05) is 6.92 Å². The Morgan fingerprint density at radius 2 is 1.92 bits per heavy atom. The number of hydrogen-bond donors (Lipinski definition) is 0. The van der Waals surface area contributed by atoms with E-state index in [1.54, 1.807) is 0 Å². The summed E-state index contributed by atoms with van der Waals surface area (Å²) < 4.78 is 6.26. The number of allylic oxidation sites excluding steroid dienone is 1. The van der Waals surface area contributed by atoms with Crippen molar-refractivity contribution in [3.63, 3.8) is 0 Å². The number of Topliss-reactive ketones (excluding diaryl/α,β-unsaturated/α-hetero) is 1. The van der Waals surface area contributed by atoms with Crippen LogP contribution in [0.25, 0.3) is 0 Å². The molecule has 1 saturated heterocycles. The van der Waals surface area contributed by atoms with E-state index >= 15 is 0 Å². The number of rotatable bonds is 0. The Labute approximate surface area is 144 Å². The van der Waals surface area contributed by atoms with Crippen molar-refractivity contribution in [2.75, 3.05) is 0 Å². The third-order valence-electron chi connectivity index (χ3n) is 9.26. The second kappa shape index (κ2) is 3.99. The molecule has 4 bridgehead atoms. The standard InChI is InChI=1S/C21H28O3/c1-10-6-15-20(8-11(2)14(10)9-20)13(4)17-19(5)16(22)7-12(3)21(15,17)24-18(19)23/h10,12-15,17H,2,6-9H2,1,3-5H3/t10?,12?,13-,14-,15?,17?,19+,20+,21+/m0/s1. The zero-order valence-electron chi connectivity index (χ0n) is 15.2. The van der Waals surface area contributed by atoms with Crippen LogP contribution in [0.5, 0.6) is 0 Å². The highest BCUT2D eigenvalue weighted by molar-refractivity contribution is 6.07. The van der Waals surface area contributed by atoms with Crippen molar-refractivity contribution in [2.45, 2.75) is 59.0 Å². The molecule has 130 valence electrons. The van der Waals surface area contributed by atoms with Gasteiger partial charge in [-0.15, -0.1) is 0 Å². The van der Waals surface area contributed by atoms with Crippen LogP contribution >= 0.6 is 0 Å².